The van der Waals surface area contributed by atoms with Crippen LogP contribution in [0.15, 0.2) is 59.6 Å². The molecule has 0 aliphatic carbocycles. The Hall–Kier alpha value is -3.02. The number of hydrogen-bond donors (Lipinski definition) is 4. The normalized spacial score (nSPS) is 13.7. The fourth-order valence-electron chi connectivity index (χ4n) is 2.46. The molecule has 1 aliphatic rings. The second-order valence-corrected chi connectivity index (χ2v) is 5.65. The first-order valence-corrected chi connectivity index (χ1v) is 8.12. The van der Waals surface area contributed by atoms with Gasteiger partial charge in [0.05, 0.1) is 12.6 Å². The number of carboxylic acids is 1. The second kappa shape index (κ2) is 9.32. The van der Waals surface area contributed by atoms with Gasteiger partial charge in [0.25, 0.3) is 5.97 Å². The third kappa shape index (κ3) is 6.55. The van der Waals surface area contributed by atoms with Gasteiger partial charge in [0.1, 0.15) is 5.75 Å². The molecule has 0 fully saturated rings. The lowest BCUT2D eigenvalue weighted by atomic mass is 9.99. The number of phenols is 1. The van der Waals surface area contributed by atoms with Gasteiger partial charge in [-0.3, -0.25) is 9.79 Å². The fraction of sp³-hybridized carbons (Fsp3) is 0.263. The number of nitrogens with zero attached hydrogens (tertiary/aromatic N) is 1. The molecule has 6 heteroatoms. The highest BCUT2D eigenvalue weighted by Gasteiger charge is 2.15. The molecule has 0 bridgehead atoms. The van der Waals surface area contributed by atoms with E-state index in [1.165, 1.54) is 11.1 Å². The van der Waals surface area contributed by atoms with Crippen LogP contribution in [0.2, 0.25) is 0 Å². The van der Waals surface area contributed by atoms with Crippen LogP contribution in [0.4, 0.5) is 0 Å². The van der Waals surface area contributed by atoms with E-state index in [0.29, 0.717) is 5.75 Å². The van der Waals surface area contributed by atoms with Crippen LogP contribution in [0.5, 0.6) is 5.75 Å². The Bertz CT molecular complexity index is 696. The first kappa shape index (κ1) is 18.3. The lowest BCUT2D eigenvalue weighted by Crippen LogP contribution is -2.37. The average Bonchev–Trinajstić information content (AvgIpc) is 3.10. The Balaban J connectivity index is 0.000000511. The van der Waals surface area contributed by atoms with E-state index >= 15 is 0 Å². The summed E-state index contributed by atoms with van der Waals surface area (Å²) < 4.78 is 0. The molecule has 1 atom stereocenters. The smallest absolute Gasteiger partial charge is 0.300 e. The summed E-state index contributed by atoms with van der Waals surface area (Å²) in [7, 11) is 0. The van der Waals surface area contributed by atoms with E-state index in [0.717, 1.165) is 32.4 Å². The van der Waals surface area contributed by atoms with E-state index in [1.54, 1.807) is 12.1 Å². The summed E-state index contributed by atoms with van der Waals surface area (Å²) in [6, 6.07) is 17.9. The van der Waals surface area contributed by atoms with Gasteiger partial charge >= 0.3 is 0 Å². The minimum Gasteiger partial charge on any atom is -0.508 e. The molecular formula is C19H23N3O3. The van der Waals surface area contributed by atoms with E-state index in [9.17, 15) is 5.11 Å². The van der Waals surface area contributed by atoms with Crippen LogP contribution in [-0.4, -0.2) is 35.2 Å². The Kier molecular flexibility index (Phi) is 6.83. The van der Waals surface area contributed by atoms with Crippen molar-refractivity contribution in [2.45, 2.75) is 19.4 Å². The average molecular weight is 341 g/mol. The van der Waals surface area contributed by atoms with Crippen molar-refractivity contribution in [2.24, 2.45) is 4.99 Å². The molecule has 2 aromatic rings. The lowest BCUT2D eigenvalue weighted by Gasteiger charge is -2.20. The quantitative estimate of drug-likeness (QED) is 0.685. The van der Waals surface area contributed by atoms with Crippen LogP contribution in [0.1, 0.15) is 24.1 Å². The summed E-state index contributed by atoms with van der Waals surface area (Å²) in [6.45, 7) is 2.80. The van der Waals surface area contributed by atoms with E-state index in [1.807, 2.05) is 30.3 Å². The first-order chi connectivity index (χ1) is 12.0. The molecule has 1 aliphatic heterocycles. The number of carbonyl (C=O) groups is 1. The van der Waals surface area contributed by atoms with Gasteiger partial charge in [-0.15, -0.1) is 0 Å². The molecule has 0 radical (unpaired) electrons. The van der Waals surface area contributed by atoms with Crippen LogP contribution in [0.3, 0.4) is 0 Å². The monoisotopic (exact) mass is 341 g/mol. The maximum atomic E-state index is 9.39. The third-order valence-electron chi connectivity index (χ3n) is 3.56. The molecule has 0 saturated heterocycles. The van der Waals surface area contributed by atoms with Gasteiger partial charge in [-0.05, 0) is 29.7 Å². The van der Waals surface area contributed by atoms with Gasteiger partial charge in [0.2, 0.25) is 0 Å². The number of nitrogens with one attached hydrogen (secondary N) is 2. The summed E-state index contributed by atoms with van der Waals surface area (Å²) in [5.41, 5.74) is 2.40. The van der Waals surface area contributed by atoms with Gasteiger partial charge in [0.15, 0.2) is 5.96 Å². The largest absolute Gasteiger partial charge is 0.508 e. The van der Waals surface area contributed by atoms with Crippen molar-refractivity contribution >= 4 is 11.9 Å². The van der Waals surface area contributed by atoms with Crippen LogP contribution >= 0.6 is 0 Å². The predicted octanol–water partition coefficient (Wildman–Crippen LogP) is 2.32. The summed E-state index contributed by atoms with van der Waals surface area (Å²) in [5, 5.41) is 23.5. The molecule has 6 nitrogen and oxygen atoms in total. The zero-order valence-corrected chi connectivity index (χ0v) is 14.1. The number of aliphatic carboxylic acids is 1. The molecule has 0 saturated carbocycles. The van der Waals surface area contributed by atoms with Crippen LogP contribution in [0, 0.1) is 0 Å². The van der Waals surface area contributed by atoms with Crippen molar-refractivity contribution in [3.05, 3.63) is 65.7 Å². The molecule has 1 heterocycles. The fourth-order valence-corrected chi connectivity index (χ4v) is 2.46. The molecular weight excluding hydrogens is 318 g/mol. The van der Waals surface area contributed by atoms with Crippen molar-refractivity contribution < 1.29 is 15.0 Å². The Morgan fingerprint density at radius 3 is 2.40 bits per heavy atom. The Morgan fingerprint density at radius 1 is 1.20 bits per heavy atom. The van der Waals surface area contributed by atoms with Crippen molar-refractivity contribution in [1.82, 2.24) is 10.6 Å². The number of aliphatic imine (C=N–C) groups is 1. The summed E-state index contributed by atoms with van der Waals surface area (Å²) in [5.74, 6) is 0.326. The van der Waals surface area contributed by atoms with Crippen molar-refractivity contribution in [3.63, 3.8) is 0 Å². The number of guanidine groups is 1. The number of carboxylic acid groups (broad SMARTS) is 1. The zero-order chi connectivity index (χ0) is 18.1. The Labute approximate surface area is 147 Å². The first-order valence-electron chi connectivity index (χ1n) is 8.12. The Morgan fingerprint density at radius 2 is 1.84 bits per heavy atom. The van der Waals surface area contributed by atoms with E-state index in [4.69, 9.17) is 9.90 Å². The maximum Gasteiger partial charge on any atom is 0.300 e. The summed E-state index contributed by atoms with van der Waals surface area (Å²) >= 11 is 0. The van der Waals surface area contributed by atoms with Crippen molar-refractivity contribution in [1.29, 1.82) is 0 Å². The van der Waals surface area contributed by atoms with Gasteiger partial charge in [-0.25, -0.2) is 0 Å². The summed E-state index contributed by atoms with van der Waals surface area (Å²) in [4.78, 5) is 13.4. The van der Waals surface area contributed by atoms with Crippen LogP contribution in [-0.2, 0) is 11.2 Å². The van der Waals surface area contributed by atoms with Gasteiger partial charge < -0.3 is 20.8 Å². The highest BCUT2D eigenvalue weighted by Crippen LogP contribution is 2.20. The lowest BCUT2D eigenvalue weighted by molar-refractivity contribution is -0.134. The van der Waals surface area contributed by atoms with Crippen LogP contribution < -0.4 is 10.6 Å². The predicted molar refractivity (Wildman–Crippen MR) is 97.7 cm³/mol. The molecule has 1 unspecified atom stereocenters. The minimum absolute atomic E-state index is 0.153. The standard InChI is InChI=1S/C17H19N3O.C2H4O2/c21-15-8-6-13(7-9-15)12-16(14-4-2-1-3-5-14)20-17-18-10-11-19-17;1-2(3)4/h1-9,16,21H,10-12H2,(H2,18,19,20);1H3,(H,3,4). The molecule has 0 amide bonds. The van der Waals surface area contributed by atoms with Gasteiger partial charge in [-0.2, -0.15) is 0 Å². The minimum atomic E-state index is -0.833. The molecule has 4 N–H and O–H groups in total. The van der Waals surface area contributed by atoms with Crippen molar-refractivity contribution in [2.75, 3.05) is 13.1 Å². The third-order valence-corrected chi connectivity index (χ3v) is 3.56. The van der Waals surface area contributed by atoms with Gasteiger partial charge in [0, 0.05) is 13.5 Å². The SMILES string of the molecule is CC(=O)O.Oc1ccc(CC(NC2=NCCN2)c2ccccc2)cc1. The molecule has 0 spiro atoms. The number of phenolic OH excluding ortho intramolecular Hbond substituents is 1. The van der Waals surface area contributed by atoms with Gasteiger partial charge in [-0.1, -0.05) is 42.5 Å². The van der Waals surface area contributed by atoms with Crippen molar-refractivity contribution in [3.8, 4) is 5.75 Å². The second-order valence-electron chi connectivity index (χ2n) is 5.65. The molecule has 0 aromatic heterocycles. The highest BCUT2D eigenvalue weighted by atomic mass is 16.4. The zero-order valence-electron chi connectivity index (χ0n) is 14.1. The van der Waals surface area contributed by atoms with Crippen LogP contribution in [0.25, 0.3) is 0 Å². The number of benzene rings is 2. The van der Waals surface area contributed by atoms with E-state index < -0.39 is 5.97 Å². The molecule has 25 heavy (non-hydrogen) atoms. The van der Waals surface area contributed by atoms with E-state index in [-0.39, 0.29) is 6.04 Å². The summed E-state index contributed by atoms with van der Waals surface area (Å²) in [6.07, 6.45) is 0.838. The molecule has 3 rings (SSSR count). The highest BCUT2D eigenvalue weighted by molar-refractivity contribution is 5.81. The molecule has 132 valence electrons. The number of rotatable bonds is 4. The number of aromatic hydroxyl groups is 1. The van der Waals surface area contributed by atoms with E-state index in [2.05, 4.69) is 27.8 Å². The topological polar surface area (TPSA) is 94.0 Å². The maximum absolute atomic E-state index is 9.39. The number of hydrogen-bond acceptors (Lipinski definition) is 5. The molecule has 2 aromatic carbocycles.